The van der Waals surface area contributed by atoms with Crippen LogP contribution in [-0.4, -0.2) is 5.51 Å². The Balaban J connectivity index is 2.83. The second-order valence-corrected chi connectivity index (χ2v) is 3.81. The smallest absolute Gasteiger partial charge is 0.417 e. The number of hydrogen-bond acceptors (Lipinski definition) is 3. The van der Waals surface area contributed by atoms with Crippen LogP contribution in [0, 0.1) is 13.8 Å². The molecule has 0 saturated carbocycles. The number of halogens is 3. The summed E-state index contributed by atoms with van der Waals surface area (Å²) in [7, 11) is 0. The molecule has 2 N–H and O–H groups in total. The number of hydrogen-bond donors (Lipinski definition) is 1. The first-order chi connectivity index (χ1) is 6.81. The van der Waals surface area contributed by atoms with E-state index in [9.17, 15) is 13.2 Å². The lowest BCUT2D eigenvalue weighted by Gasteiger charge is -2.11. The molecule has 0 atom stereocenters. The summed E-state index contributed by atoms with van der Waals surface area (Å²) in [6.07, 6.45) is 0. The van der Waals surface area contributed by atoms with Gasteiger partial charge in [-0.2, -0.15) is 13.2 Å². The predicted molar refractivity (Wildman–Crippen MR) is 54.6 cm³/mol. The predicted octanol–water partition coefficient (Wildman–Crippen LogP) is 3.43. The van der Waals surface area contributed by atoms with Crippen LogP contribution in [-0.2, 0) is 0 Å². The fourth-order valence-electron chi connectivity index (χ4n) is 0.999. The standard InChI is InChI=1S/C9H10F3NOS/c1-5-6(2)8(4-3-7(5)13)14-15-9(10,11)12/h3-4H,13H2,1-2H3. The molecule has 0 aliphatic rings. The lowest BCUT2D eigenvalue weighted by molar-refractivity contribution is -0.0369. The van der Waals surface area contributed by atoms with Crippen molar-refractivity contribution in [1.29, 1.82) is 0 Å². The fraction of sp³-hybridized carbons (Fsp3) is 0.333. The van der Waals surface area contributed by atoms with Crippen LogP contribution >= 0.6 is 12.0 Å². The van der Waals surface area contributed by atoms with Crippen LogP contribution in [0.25, 0.3) is 0 Å². The molecule has 6 heteroatoms. The highest BCUT2D eigenvalue weighted by atomic mass is 32.2. The maximum atomic E-state index is 11.9. The molecular weight excluding hydrogens is 227 g/mol. The first-order valence-corrected chi connectivity index (χ1v) is 4.83. The van der Waals surface area contributed by atoms with Crippen molar-refractivity contribution in [2.24, 2.45) is 0 Å². The lowest BCUT2D eigenvalue weighted by Crippen LogP contribution is -2.04. The molecule has 0 aromatic heterocycles. The average molecular weight is 237 g/mol. The fourth-order valence-corrected chi connectivity index (χ4v) is 1.36. The van der Waals surface area contributed by atoms with Gasteiger partial charge in [-0.25, -0.2) is 0 Å². The van der Waals surface area contributed by atoms with Gasteiger partial charge in [0.15, 0.2) is 12.0 Å². The van der Waals surface area contributed by atoms with E-state index in [2.05, 4.69) is 4.18 Å². The first kappa shape index (κ1) is 12.0. The zero-order valence-electron chi connectivity index (χ0n) is 8.18. The maximum absolute atomic E-state index is 11.9. The van der Waals surface area contributed by atoms with Crippen molar-refractivity contribution >= 4 is 17.7 Å². The topological polar surface area (TPSA) is 35.2 Å². The zero-order valence-corrected chi connectivity index (χ0v) is 9.00. The summed E-state index contributed by atoms with van der Waals surface area (Å²) < 4.78 is 40.2. The number of anilines is 1. The molecule has 0 unspecified atom stereocenters. The molecule has 1 rings (SSSR count). The van der Waals surface area contributed by atoms with Crippen molar-refractivity contribution in [3.63, 3.8) is 0 Å². The second-order valence-electron chi connectivity index (χ2n) is 3.02. The van der Waals surface area contributed by atoms with E-state index in [4.69, 9.17) is 5.73 Å². The van der Waals surface area contributed by atoms with E-state index >= 15 is 0 Å². The van der Waals surface area contributed by atoms with Crippen molar-refractivity contribution in [3.05, 3.63) is 23.3 Å². The minimum Gasteiger partial charge on any atom is -0.417 e. The van der Waals surface area contributed by atoms with Gasteiger partial charge in [0.1, 0.15) is 5.75 Å². The summed E-state index contributed by atoms with van der Waals surface area (Å²) in [6.45, 7) is 3.40. The van der Waals surface area contributed by atoms with Gasteiger partial charge in [0.2, 0.25) is 0 Å². The molecule has 0 heterocycles. The minimum atomic E-state index is -4.40. The third-order valence-corrected chi connectivity index (χ3v) is 2.46. The van der Waals surface area contributed by atoms with Gasteiger partial charge in [-0.1, -0.05) is 0 Å². The van der Waals surface area contributed by atoms with E-state index < -0.39 is 17.6 Å². The molecule has 1 aromatic carbocycles. The lowest BCUT2D eigenvalue weighted by atomic mass is 10.1. The van der Waals surface area contributed by atoms with Gasteiger partial charge in [0, 0.05) is 5.69 Å². The van der Waals surface area contributed by atoms with Crippen LogP contribution in [0.5, 0.6) is 5.75 Å². The largest absolute Gasteiger partial charge is 0.479 e. The normalized spacial score (nSPS) is 11.5. The quantitative estimate of drug-likeness (QED) is 0.632. The molecule has 0 bridgehead atoms. The van der Waals surface area contributed by atoms with Crippen molar-refractivity contribution in [2.45, 2.75) is 19.4 Å². The monoisotopic (exact) mass is 237 g/mol. The van der Waals surface area contributed by atoms with Crippen LogP contribution < -0.4 is 9.92 Å². The molecule has 1 aromatic rings. The molecule has 0 aliphatic carbocycles. The van der Waals surface area contributed by atoms with E-state index in [0.717, 1.165) is 5.56 Å². The van der Waals surface area contributed by atoms with E-state index in [1.807, 2.05) is 0 Å². The summed E-state index contributed by atoms with van der Waals surface area (Å²) in [5.74, 6) is 0.184. The molecule has 2 nitrogen and oxygen atoms in total. The number of alkyl halides is 3. The summed E-state index contributed by atoms with van der Waals surface area (Å²) in [4.78, 5) is 0. The van der Waals surface area contributed by atoms with Crippen LogP contribution in [0.15, 0.2) is 12.1 Å². The molecular formula is C9H10F3NOS. The third-order valence-electron chi connectivity index (χ3n) is 2.01. The minimum absolute atomic E-state index is 0.184. The average Bonchev–Trinajstić information content (AvgIpc) is 2.12. The third kappa shape index (κ3) is 3.23. The molecule has 15 heavy (non-hydrogen) atoms. The Hall–Kier alpha value is -1.04. The van der Waals surface area contributed by atoms with E-state index in [1.54, 1.807) is 13.8 Å². The Morgan fingerprint density at radius 1 is 1.20 bits per heavy atom. The van der Waals surface area contributed by atoms with Crippen LogP contribution in [0.2, 0.25) is 0 Å². The summed E-state index contributed by atoms with van der Waals surface area (Å²) in [5.41, 5.74) is 3.07. The Bertz CT molecular complexity index is 365. The summed E-state index contributed by atoms with van der Waals surface area (Å²) in [6, 6.07) is 2.95. The van der Waals surface area contributed by atoms with Gasteiger partial charge >= 0.3 is 5.51 Å². The van der Waals surface area contributed by atoms with E-state index in [-0.39, 0.29) is 5.75 Å². The highest BCUT2D eigenvalue weighted by Gasteiger charge is 2.31. The molecule has 0 amide bonds. The highest BCUT2D eigenvalue weighted by Crippen LogP contribution is 2.35. The molecule has 0 fully saturated rings. The van der Waals surface area contributed by atoms with Gasteiger partial charge in [0.05, 0.1) is 0 Å². The van der Waals surface area contributed by atoms with Crippen molar-refractivity contribution < 1.29 is 17.4 Å². The molecule has 0 aliphatic heterocycles. The first-order valence-electron chi connectivity index (χ1n) is 4.09. The van der Waals surface area contributed by atoms with Crippen LogP contribution in [0.4, 0.5) is 18.9 Å². The van der Waals surface area contributed by atoms with Gasteiger partial charge < -0.3 is 9.92 Å². The summed E-state index contributed by atoms with van der Waals surface area (Å²) in [5, 5.41) is 0. The highest BCUT2D eigenvalue weighted by molar-refractivity contribution is 7.95. The number of benzene rings is 1. The maximum Gasteiger partial charge on any atom is 0.479 e. The van der Waals surface area contributed by atoms with Crippen molar-refractivity contribution in [2.75, 3.05) is 5.73 Å². The van der Waals surface area contributed by atoms with Crippen molar-refractivity contribution in [3.8, 4) is 5.75 Å². The van der Waals surface area contributed by atoms with Gasteiger partial charge in [-0.05, 0) is 37.1 Å². The van der Waals surface area contributed by atoms with E-state index in [0.29, 0.717) is 11.3 Å². The van der Waals surface area contributed by atoms with Crippen LogP contribution in [0.3, 0.4) is 0 Å². The van der Waals surface area contributed by atoms with Crippen molar-refractivity contribution in [1.82, 2.24) is 0 Å². The molecule has 0 radical (unpaired) electrons. The Labute approximate surface area is 89.8 Å². The van der Waals surface area contributed by atoms with Crippen LogP contribution in [0.1, 0.15) is 11.1 Å². The second kappa shape index (κ2) is 4.22. The molecule has 0 saturated heterocycles. The zero-order chi connectivity index (χ0) is 11.6. The number of rotatable bonds is 2. The number of nitrogens with two attached hydrogens (primary N) is 1. The molecule has 84 valence electrons. The molecule has 0 spiro atoms. The van der Waals surface area contributed by atoms with Gasteiger partial charge in [-0.3, -0.25) is 0 Å². The Morgan fingerprint density at radius 3 is 2.33 bits per heavy atom. The SMILES string of the molecule is Cc1c(N)ccc(OSC(F)(F)F)c1C. The number of nitrogen functional groups attached to an aromatic ring is 1. The van der Waals surface area contributed by atoms with Gasteiger partial charge in [-0.15, -0.1) is 0 Å². The Morgan fingerprint density at radius 2 is 1.80 bits per heavy atom. The summed E-state index contributed by atoms with van der Waals surface area (Å²) >= 11 is -0.525. The van der Waals surface area contributed by atoms with Gasteiger partial charge in [0.25, 0.3) is 0 Å². The Kier molecular flexibility index (Phi) is 3.38. The van der Waals surface area contributed by atoms with E-state index in [1.165, 1.54) is 12.1 Å².